The molecule has 0 spiro atoms. The van der Waals surface area contributed by atoms with Crippen LogP contribution in [0.25, 0.3) is 0 Å². The Morgan fingerprint density at radius 1 is 1.60 bits per heavy atom. The normalized spacial score (nSPS) is 9.73. The first-order chi connectivity index (χ1) is 6.99. The number of ether oxygens (including phenoxy) is 1. The van der Waals surface area contributed by atoms with Gasteiger partial charge in [-0.2, -0.15) is 0 Å². The highest BCUT2D eigenvalue weighted by atomic mass is 79.9. The van der Waals surface area contributed by atoms with Crippen LogP contribution in [0.4, 0.5) is 5.69 Å². The van der Waals surface area contributed by atoms with E-state index >= 15 is 0 Å². The number of benzene rings is 1. The Morgan fingerprint density at radius 2 is 2.20 bits per heavy atom. The van der Waals surface area contributed by atoms with Crippen molar-refractivity contribution in [3.05, 3.63) is 32.3 Å². The average Bonchev–Trinajstić information content (AvgIpc) is 2.16. The number of hydrogen-bond donors (Lipinski definition) is 1. The van der Waals surface area contributed by atoms with Crippen LogP contribution in [0, 0.1) is 10.1 Å². The Hall–Kier alpha value is -1.63. The molecule has 0 bridgehead atoms. The molecule has 15 heavy (non-hydrogen) atoms. The van der Waals surface area contributed by atoms with Crippen molar-refractivity contribution < 1.29 is 19.6 Å². The Labute approximate surface area is 92.8 Å². The van der Waals surface area contributed by atoms with Crippen LogP contribution in [-0.2, 0) is 0 Å². The molecule has 1 aromatic rings. The van der Waals surface area contributed by atoms with Gasteiger partial charge >= 0.3 is 11.7 Å². The SMILES string of the molecule is COc1c([N+](=O)[O-])ccc(C(=O)O)c1Br. The fraction of sp³-hybridized carbons (Fsp3) is 0.125. The van der Waals surface area contributed by atoms with Crippen LogP contribution >= 0.6 is 15.9 Å². The molecule has 0 fully saturated rings. The zero-order valence-electron chi connectivity index (χ0n) is 7.56. The number of methoxy groups -OCH3 is 1. The lowest BCUT2D eigenvalue weighted by atomic mass is 10.2. The molecule has 1 rings (SSSR count). The zero-order valence-corrected chi connectivity index (χ0v) is 9.15. The summed E-state index contributed by atoms with van der Waals surface area (Å²) in [6, 6.07) is 2.24. The predicted octanol–water partition coefficient (Wildman–Crippen LogP) is 2.06. The third-order valence-electron chi connectivity index (χ3n) is 1.71. The lowest BCUT2D eigenvalue weighted by Gasteiger charge is -2.06. The molecule has 0 amide bonds. The van der Waals surface area contributed by atoms with Crippen LogP contribution in [0.15, 0.2) is 16.6 Å². The molecule has 0 aliphatic heterocycles. The quantitative estimate of drug-likeness (QED) is 0.674. The Bertz CT molecular complexity index is 431. The van der Waals surface area contributed by atoms with Gasteiger partial charge in [-0.15, -0.1) is 0 Å². The first kappa shape index (κ1) is 11.4. The highest BCUT2D eigenvalue weighted by molar-refractivity contribution is 9.10. The van der Waals surface area contributed by atoms with Crippen LogP contribution in [0.1, 0.15) is 10.4 Å². The van der Waals surface area contributed by atoms with Gasteiger partial charge in [-0.05, 0) is 22.0 Å². The maximum Gasteiger partial charge on any atom is 0.336 e. The van der Waals surface area contributed by atoms with E-state index in [4.69, 9.17) is 9.84 Å². The zero-order chi connectivity index (χ0) is 11.6. The van der Waals surface area contributed by atoms with Gasteiger partial charge in [0.15, 0.2) is 0 Å². The summed E-state index contributed by atoms with van der Waals surface area (Å²) < 4.78 is 4.84. The second-order valence-corrected chi connectivity index (χ2v) is 3.33. The molecule has 0 unspecified atom stereocenters. The van der Waals surface area contributed by atoms with Crippen LogP contribution in [0.5, 0.6) is 5.75 Å². The van der Waals surface area contributed by atoms with Crippen molar-refractivity contribution in [1.29, 1.82) is 0 Å². The summed E-state index contributed by atoms with van der Waals surface area (Å²) in [6.45, 7) is 0. The molecule has 0 aliphatic rings. The van der Waals surface area contributed by atoms with Gasteiger partial charge in [-0.3, -0.25) is 10.1 Å². The van der Waals surface area contributed by atoms with E-state index in [0.717, 1.165) is 12.1 Å². The van der Waals surface area contributed by atoms with Gasteiger partial charge in [0, 0.05) is 6.07 Å². The number of carboxylic acid groups (broad SMARTS) is 1. The maximum atomic E-state index is 10.7. The van der Waals surface area contributed by atoms with Crippen molar-refractivity contribution in [3.8, 4) is 5.75 Å². The van der Waals surface area contributed by atoms with E-state index in [0.29, 0.717) is 0 Å². The Kier molecular flexibility index (Phi) is 3.25. The van der Waals surface area contributed by atoms with Gasteiger partial charge in [-0.1, -0.05) is 0 Å². The summed E-state index contributed by atoms with van der Waals surface area (Å²) in [7, 11) is 1.23. The highest BCUT2D eigenvalue weighted by Gasteiger charge is 2.22. The van der Waals surface area contributed by atoms with Crippen molar-refractivity contribution >= 4 is 27.6 Å². The molecule has 1 aromatic carbocycles. The van der Waals surface area contributed by atoms with E-state index in [2.05, 4.69) is 15.9 Å². The standard InChI is InChI=1S/C8H6BrNO5/c1-15-7-5(10(13)14)3-2-4(6(7)9)8(11)12/h2-3H,1H3,(H,11,12). The van der Waals surface area contributed by atoms with Crippen LogP contribution < -0.4 is 4.74 Å². The molecule has 0 heterocycles. The van der Waals surface area contributed by atoms with Gasteiger partial charge in [0.05, 0.1) is 22.1 Å². The molecule has 6 nitrogen and oxygen atoms in total. The summed E-state index contributed by atoms with van der Waals surface area (Å²) in [4.78, 5) is 20.6. The van der Waals surface area contributed by atoms with E-state index in [9.17, 15) is 14.9 Å². The number of nitro benzene ring substituents is 1. The van der Waals surface area contributed by atoms with Crippen LogP contribution in [-0.4, -0.2) is 23.1 Å². The van der Waals surface area contributed by atoms with Gasteiger partial charge < -0.3 is 9.84 Å². The molecular formula is C8H6BrNO5. The third kappa shape index (κ3) is 2.07. The van der Waals surface area contributed by atoms with E-state index in [-0.39, 0.29) is 21.5 Å². The maximum absolute atomic E-state index is 10.7. The van der Waals surface area contributed by atoms with Crippen molar-refractivity contribution in [2.45, 2.75) is 0 Å². The molecule has 0 atom stereocenters. The number of rotatable bonds is 3. The topological polar surface area (TPSA) is 89.7 Å². The lowest BCUT2D eigenvalue weighted by molar-refractivity contribution is -0.385. The number of carbonyl (C=O) groups is 1. The van der Waals surface area contributed by atoms with Crippen molar-refractivity contribution in [3.63, 3.8) is 0 Å². The predicted molar refractivity (Wildman–Crippen MR) is 54.3 cm³/mol. The molecule has 0 aliphatic carbocycles. The second kappa shape index (κ2) is 4.26. The largest absolute Gasteiger partial charge is 0.489 e. The van der Waals surface area contributed by atoms with E-state index in [1.54, 1.807) is 0 Å². The molecule has 1 N–H and O–H groups in total. The smallest absolute Gasteiger partial charge is 0.336 e. The minimum absolute atomic E-state index is 0.0618. The summed E-state index contributed by atoms with van der Waals surface area (Å²) in [5, 5.41) is 19.3. The average molecular weight is 276 g/mol. The first-order valence-electron chi connectivity index (χ1n) is 3.73. The molecule has 0 saturated heterocycles. The molecule has 0 saturated carbocycles. The number of carboxylic acids is 1. The minimum Gasteiger partial charge on any atom is -0.489 e. The number of nitrogens with zero attached hydrogens (tertiary/aromatic N) is 1. The summed E-state index contributed by atoms with van der Waals surface area (Å²) in [6.07, 6.45) is 0. The van der Waals surface area contributed by atoms with Crippen LogP contribution in [0.3, 0.4) is 0 Å². The van der Waals surface area contributed by atoms with Crippen molar-refractivity contribution in [2.24, 2.45) is 0 Å². The van der Waals surface area contributed by atoms with Gasteiger partial charge in [0.1, 0.15) is 0 Å². The highest BCUT2D eigenvalue weighted by Crippen LogP contribution is 2.37. The monoisotopic (exact) mass is 275 g/mol. The molecule has 7 heteroatoms. The molecule has 0 aromatic heterocycles. The van der Waals surface area contributed by atoms with Gasteiger partial charge in [0.2, 0.25) is 5.75 Å². The summed E-state index contributed by atoms with van der Waals surface area (Å²) in [5.41, 5.74) is -0.369. The van der Waals surface area contributed by atoms with E-state index in [1.807, 2.05) is 0 Å². The van der Waals surface area contributed by atoms with Crippen molar-refractivity contribution in [2.75, 3.05) is 7.11 Å². The minimum atomic E-state index is -1.19. The fourth-order valence-electron chi connectivity index (χ4n) is 1.05. The van der Waals surface area contributed by atoms with E-state index in [1.165, 1.54) is 7.11 Å². The number of halogens is 1. The number of hydrogen-bond acceptors (Lipinski definition) is 4. The summed E-state index contributed by atoms with van der Waals surface area (Å²) >= 11 is 2.95. The number of aromatic carboxylic acids is 1. The second-order valence-electron chi connectivity index (χ2n) is 2.54. The molecular weight excluding hydrogens is 270 g/mol. The third-order valence-corrected chi connectivity index (χ3v) is 2.49. The summed E-state index contributed by atoms with van der Waals surface area (Å²) in [5.74, 6) is -1.28. The lowest BCUT2D eigenvalue weighted by Crippen LogP contribution is -2.02. The fourth-order valence-corrected chi connectivity index (χ4v) is 1.72. The van der Waals surface area contributed by atoms with Gasteiger partial charge in [-0.25, -0.2) is 4.79 Å². The van der Waals surface area contributed by atoms with Crippen molar-refractivity contribution in [1.82, 2.24) is 0 Å². The number of nitro groups is 1. The Morgan fingerprint density at radius 3 is 2.60 bits per heavy atom. The Balaban J connectivity index is 3.45. The molecule has 0 radical (unpaired) electrons. The van der Waals surface area contributed by atoms with E-state index < -0.39 is 10.9 Å². The van der Waals surface area contributed by atoms with Crippen LogP contribution in [0.2, 0.25) is 0 Å². The molecule has 80 valence electrons. The first-order valence-corrected chi connectivity index (χ1v) is 4.52. The van der Waals surface area contributed by atoms with Gasteiger partial charge in [0.25, 0.3) is 0 Å².